The molecule has 2 nitrogen and oxygen atoms in total. The molecule has 0 atom stereocenters. The first-order chi connectivity index (χ1) is 7.58. The number of halogens is 1. The summed E-state index contributed by atoms with van der Waals surface area (Å²) in [6, 6.07) is 6.33. The average molecular weight is 277 g/mol. The van der Waals surface area contributed by atoms with Crippen molar-refractivity contribution in [2.75, 3.05) is 0 Å². The molecule has 0 saturated heterocycles. The normalized spacial score (nSPS) is 10.5. The molecule has 16 heavy (non-hydrogen) atoms. The molecule has 0 bridgehead atoms. The highest BCUT2D eigenvalue weighted by atomic mass is 79.9. The zero-order chi connectivity index (χ0) is 11.7. The second kappa shape index (κ2) is 4.34. The van der Waals surface area contributed by atoms with Gasteiger partial charge >= 0.3 is 0 Å². The van der Waals surface area contributed by atoms with E-state index >= 15 is 0 Å². The highest BCUT2D eigenvalue weighted by Gasteiger charge is 2.06. The minimum Gasteiger partial charge on any atom is -0.235 e. The quantitative estimate of drug-likeness (QED) is 0.791. The van der Waals surface area contributed by atoms with Crippen LogP contribution in [-0.4, -0.2) is 9.97 Å². The SMILES string of the molecule is Cc1ccc(C)c(-c2ncc(Br)c(C)n2)c1. The Hall–Kier alpha value is -1.22. The Balaban J connectivity index is 2.58. The molecule has 82 valence electrons. The van der Waals surface area contributed by atoms with Crippen molar-refractivity contribution in [3.63, 3.8) is 0 Å². The van der Waals surface area contributed by atoms with Crippen LogP contribution in [0.4, 0.5) is 0 Å². The minimum absolute atomic E-state index is 0.793. The van der Waals surface area contributed by atoms with E-state index in [9.17, 15) is 0 Å². The molecule has 0 radical (unpaired) electrons. The van der Waals surface area contributed by atoms with Crippen molar-refractivity contribution in [1.82, 2.24) is 9.97 Å². The third kappa shape index (κ3) is 2.14. The first-order valence-electron chi connectivity index (χ1n) is 5.14. The zero-order valence-corrected chi connectivity index (χ0v) is 11.2. The molecule has 3 heteroatoms. The van der Waals surface area contributed by atoms with Crippen LogP contribution in [-0.2, 0) is 0 Å². The standard InChI is InChI=1S/C13H13BrN2/c1-8-4-5-9(2)11(6-8)13-15-7-12(14)10(3)16-13/h4-7H,1-3H3. The van der Waals surface area contributed by atoms with Gasteiger partial charge < -0.3 is 0 Å². The van der Waals surface area contributed by atoms with Gasteiger partial charge in [0.2, 0.25) is 0 Å². The predicted octanol–water partition coefficient (Wildman–Crippen LogP) is 3.83. The lowest BCUT2D eigenvalue weighted by Gasteiger charge is -2.07. The molecule has 1 aromatic carbocycles. The van der Waals surface area contributed by atoms with E-state index in [4.69, 9.17) is 0 Å². The fraction of sp³-hybridized carbons (Fsp3) is 0.231. The molecule has 2 rings (SSSR count). The number of rotatable bonds is 1. The topological polar surface area (TPSA) is 25.8 Å². The van der Waals surface area contributed by atoms with Gasteiger partial charge in [-0.25, -0.2) is 9.97 Å². The number of benzene rings is 1. The summed E-state index contributed by atoms with van der Waals surface area (Å²) < 4.78 is 0.946. The highest BCUT2D eigenvalue weighted by Crippen LogP contribution is 2.23. The Kier molecular flexibility index (Phi) is 3.06. The van der Waals surface area contributed by atoms with Gasteiger partial charge in [0.05, 0.1) is 10.2 Å². The average Bonchev–Trinajstić information content (AvgIpc) is 2.26. The summed E-state index contributed by atoms with van der Waals surface area (Å²) in [4.78, 5) is 8.84. The minimum atomic E-state index is 0.793. The van der Waals surface area contributed by atoms with Crippen LogP contribution >= 0.6 is 15.9 Å². The Bertz CT molecular complexity index is 535. The van der Waals surface area contributed by atoms with E-state index in [0.717, 1.165) is 21.6 Å². The Morgan fingerprint density at radius 1 is 1.12 bits per heavy atom. The summed E-state index contributed by atoms with van der Waals surface area (Å²) in [6.07, 6.45) is 1.80. The van der Waals surface area contributed by atoms with Crippen LogP contribution in [0.2, 0.25) is 0 Å². The Morgan fingerprint density at radius 3 is 2.56 bits per heavy atom. The van der Waals surface area contributed by atoms with Gasteiger partial charge in [0.1, 0.15) is 0 Å². The summed E-state index contributed by atoms with van der Waals surface area (Å²) in [7, 11) is 0. The smallest absolute Gasteiger partial charge is 0.159 e. The molecule has 0 amide bonds. The predicted molar refractivity (Wildman–Crippen MR) is 69.4 cm³/mol. The highest BCUT2D eigenvalue weighted by molar-refractivity contribution is 9.10. The monoisotopic (exact) mass is 276 g/mol. The summed E-state index contributed by atoms with van der Waals surface area (Å²) in [5, 5.41) is 0. The van der Waals surface area contributed by atoms with Gasteiger partial charge in [0, 0.05) is 11.8 Å². The van der Waals surface area contributed by atoms with Gasteiger partial charge in [-0.05, 0) is 48.3 Å². The molecule has 0 aliphatic carbocycles. The third-order valence-electron chi connectivity index (χ3n) is 2.55. The van der Waals surface area contributed by atoms with Crippen molar-refractivity contribution in [1.29, 1.82) is 0 Å². The summed E-state index contributed by atoms with van der Waals surface area (Å²) in [5.41, 5.74) is 4.50. The molecular weight excluding hydrogens is 264 g/mol. The van der Waals surface area contributed by atoms with E-state index < -0.39 is 0 Å². The van der Waals surface area contributed by atoms with Crippen molar-refractivity contribution >= 4 is 15.9 Å². The molecule has 1 aromatic heterocycles. The van der Waals surface area contributed by atoms with Crippen LogP contribution in [0.1, 0.15) is 16.8 Å². The maximum Gasteiger partial charge on any atom is 0.159 e. The number of nitrogens with zero attached hydrogens (tertiary/aromatic N) is 2. The summed E-state index contributed by atoms with van der Waals surface area (Å²) in [6.45, 7) is 6.13. The molecular formula is C13H13BrN2. The van der Waals surface area contributed by atoms with E-state index in [1.54, 1.807) is 6.20 Å². The zero-order valence-electron chi connectivity index (χ0n) is 9.58. The largest absolute Gasteiger partial charge is 0.235 e. The molecule has 0 unspecified atom stereocenters. The van der Waals surface area contributed by atoms with Crippen LogP contribution in [0.5, 0.6) is 0 Å². The number of aryl methyl sites for hydroxylation is 3. The maximum absolute atomic E-state index is 4.49. The van der Waals surface area contributed by atoms with E-state index in [-0.39, 0.29) is 0 Å². The fourth-order valence-corrected chi connectivity index (χ4v) is 1.75. The number of hydrogen-bond donors (Lipinski definition) is 0. The molecule has 0 fully saturated rings. The first kappa shape index (κ1) is 11.3. The molecule has 0 aliphatic rings. The van der Waals surface area contributed by atoms with Gasteiger partial charge in [-0.2, -0.15) is 0 Å². The van der Waals surface area contributed by atoms with E-state index in [1.807, 2.05) is 6.92 Å². The van der Waals surface area contributed by atoms with Gasteiger partial charge in [-0.3, -0.25) is 0 Å². The molecule has 0 N–H and O–H groups in total. The first-order valence-corrected chi connectivity index (χ1v) is 5.94. The van der Waals surface area contributed by atoms with E-state index in [0.29, 0.717) is 0 Å². The van der Waals surface area contributed by atoms with Gasteiger partial charge in [-0.15, -0.1) is 0 Å². The third-order valence-corrected chi connectivity index (χ3v) is 3.33. The van der Waals surface area contributed by atoms with Crippen LogP contribution < -0.4 is 0 Å². The Morgan fingerprint density at radius 2 is 1.88 bits per heavy atom. The maximum atomic E-state index is 4.49. The second-order valence-corrected chi connectivity index (χ2v) is 4.80. The molecule has 2 aromatic rings. The van der Waals surface area contributed by atoms with Crippen molar-refractivity contribution < 1.29 is 0 Å². The van der Waals surface area contributed by atoms with Crippen molar-refractivity contribution in [2.45, 2.75) is 20.8 Å². The van der Waals surface area contributed by atoms with Crippen LogP contribution in [0.25, 0.3) is 11.4 Å². The molecule has 0 saturated carbocycles. The molecule has 0 spiro atoms. The van der Waals surface area contributed by atoms with Crippen molar-refractivity contribution in [3.8, 4) is 11.4 Å². The van der Waals surface area contributed by atoms with E-state index in [2.05, 4.69) is 57.9 Å². The number of aromatic nitrogens is 2. The Labute approximate surface area is 104 Å². The van der Waals surface area contributed by atoms with Crippen molar-refractivity contribution in [3.05, 3.63) is 45.7 Å². The molecule has 1 heterocycles. The molecule has 0 aliphatic heterocycles. The summed E-state index contributed by atoms with van der Waals surface area (Å²) >= 11 is 3.41. The van der Waals surface area contributed by atoms with E-state index in [1.165, 1.54) is 11.1 Å². The second-order valence-electron chi connectivity index (χ2n) is 3.95. The lowest BCUT2D eigenvalue weighted by molar-refractivity contribution is 1.09. The van der Waals surface area contributed by atoms with Crippen LogP contribution in [0.3, 0.4) is 0 Å². The van der Waals surface area contributed by atoms with Gasteiger partial charge in [0.25, 0.3) is 0 Å². The van der Waals surface area contributed by atoms with Crippen LogP contribution in [0.15, 0.2) is 28.9 Å². The van der Waals surface area contributed by atoms with Crippen LogP contribution in [0, 0.1) is 20.8 Å². The lowest BCUT2D eigenvalue weighted by atomic mass is 10.1. The fourth-order valence-electron chi connectivity index (χ4n) is 1.56. The van der Waals surface area contributed by atoms with Crippen molar-refractivity contribution in [2.24, 2.45) is 0 Å². The summed E-state index contributed by atoms with van der Waals surface area (Å²) in [5.74, 6) is 0.793. The lowest BCUT2D eigenvalue weighted by Crippen LogP contribution is -1.94. The number of hydrogen-bond acceptors (Lipinski definition) is 2. The van der Waals surface area contributed by atoms with Gasteiger partial charge in [-0.1, -0.05) is 17.7 Å². The van der Waals surface area contributed by atoms with Gasteiger partial charge in [0.15, 0.2) is 5.82 Å².